The summed E-state index contributed by atoms with van der Waals surface area (Å²) in [5.41, 5.74) is 6.01. The number of aryl methyl sites for hydroxylation is 2. The van der Waals surface area contributed by atoms with Crippen molar-refractivity contribution in [2.24, 2.45) is 11.8 Å². The van der Waals surface area contributed by atoms with Gasteiger partial charge in [-0.15, -0.1) is 0 Å². The molecule has 0 radical (unpaired) electrons. The molecule has 0 unspecified atom stereocenters. The van der Waals surface area contributed by atoms with Gasteiger partial charge in [0.25, 0.3) is 0 Å². The summed E-state index contributed by atoms with van der Waals surface area (Å²) < 4.78 is 36.4. The number of imidazole rings is 2. The van der Waals surface area contributed by atoms with Crippen LogP contribution in [0.3, 0.4) is 0 Å². The number of aliphatic hydroxyl groups is 2. The number of piperidine rings is 2. The smallest absolute Gasteiger partial charge is 0.228 e. The van der Waals surface area contributed by atoms with E-state index in [2.05, 4.69) is 40.8 Å². The molecule has 4 aliphatic carbocycles. The van der Waals surface area contributed by atoms with E-state index in [1.165, 1.54) is 19.3 Å². The van der Waals surface area contributed by atoms with Gasteiger partial charge in [0, 0.05) is 53.5 Å². The van der Waals surface area contributed by atoms with E-state index in [9.17, 15) is 5.11 Å². The fourth-order valence-corrected chi connectivity index (χ4v) is 10.7. The van der Waals surface area contributed by atoms with Gasteiger partial charge < -0.3 is 68.6 Å². The number of fused-ring (bicyclic) bond motifs is 4. The van der Waals surface area contributed by atoms with E-state index in [0.29, 0.717) is 76.6 Å². The second kappa shape index (κ2) is 20.6. The highest BCUT2D eigenvalue weighted by molar-refractivity contribution is 6.28. The third-order valence-corrected chi connectivity index (χ3v) is 14.4. The van der Waals surface area contributed by atoms with E-state index in [1.54, 1.807) is 55.3 Å². The number of rotatable bonds is 15. The molecule has 6 heterocycles. The van der Waals surface area contributed by atoms with Crippen molar-refractivity contribution in [2.75, 3.05) is 71.4 Å². The predicted molar refractivity (Wildman–Crippen MR) is 267 cm³/mol. The van der Waals surface area contributed by atoms with E-state index in [-0.39, 0.29) is 17.9 Å². The lowest BCUT2D eigenvalue weighted by Crippen LogP contribution is -2.37. The summed E-state index contributed by atoms with van der Waals surface area (Å²) in [6.07, 6.45) is 17.8. The Bertz CT molecular complexity index is 2820. The quantitative estimate of drug-likeness (QED) is 0.0725. The van der Waals surface area contributed by atoms with E-state index in [1.807, 2.05) is 45.8 Å². The van der Waals surface area contributed by atoms with Crippen LogP contribution in [0.4, 0.5) is 29.2 Å². The first-order valence-electron chi connectivity index (χ1n) is 24.1. The second-order valence-corrected chi connectivity index (χ2v) is 18.9. The number of ether oxygens (including phenoxy) is 6. The molecule has 71 heavy (non-hydrogen) atoms. The molecule has 5 N–H and O–H groups in total. The molecule has 6 aliphatic rings. The summed E-state index contributed by atoms with van der Waals surface area (Å²) in [5.74, 6) is 8.53. The number of methoxy groups -OCH3 is 6. The first kappa shape index (κ1) is 48.0. The Kier molecular flexibility index (Phi) is 14.0. The van der Waals surface area contributed by atoms with Crippen LogP contribution in [0.15, 0.2) is 49.3 Å². The van der Waals surface area contributed by atoms with E-state index < -0.39 is 0 Å². The molecule has 2 saturated heterocycles. The summed E-state index contributed by atoms with van der Waals surface area (Å²) in [4.78, 5) is 29.8. The number of hydrogen-bond donors (Lipinski definition) is 5. The van der Waals surface area contributed by atoms with Crippen molar-refractivity contribution in [2.45, 2.75) is 88.4 Å². The molecule has 4 aromatic heterocycles. The Morgan fingerprint density at radius 3 is 1.62 bits per heavy atom. The molecule has 21 heteroatoms. The molecule has 0 amide bonds. The minimum atomic E-state index is 0.102. The van der Waals surface area contributed by atoms with Crippen molar-refractivity contribution in [3.63, 3.8) is 0 Å². The summed E-state index contributed by atoms with van der Waals surface area (Å²) in [7, 11) is 9.52. The maximum absolute atomic E-state index is 9.90. The maximum atomic E-state index is 9.90. The van der Waals surface area contributed by atoms with Crippen molar-refractivity contribution in [3.8, 4) is 45.9 Å². The summed E-state index contributed by atoms with van der Waals surface area (Å²) in [6.45, 7) is 0.461. The van der Waals surface area contributed by atoms with Crippen molar-refractivity contribution in [1.29, 1.82) is 0 Å². The summed E-state index contributed by atoms with van der Waals surface area (Å²) >= 11 is 6.06. The monoisotopic (exact) mass is 992 g/mol. The summed E-state index contributed by atoms with van der Waals surface area (Å²) in [6, 6.07) is 9.23. The molecule has 2 aromatic carbocycles. The van der Waals surface area contributed by atoms with Crippen LogP contribution in [-0.4, -0.2) is 129 Å². The standard InChI is InChI=1S/C25H30N6O4.C19H20ClN5O3.C6H11NO/c1-33-20-9-15(10-21(34-2)23(20)35-3)30-11-22(26-13-30)28-24-17-5-4-6-18(17)27-25(29-24)31-16(12-32)7-14-8-19(14)31;1-26-14-7-11(8-15(27-2)17(14)28-3)25-9-16(21-10-25)23-18-12-5-4-6-13(12)22-19(20)24-18;8-3-5-1-4-2-6(4)7-5/h9-11,13-14,16,19,32H,4-8,12H2,1-3H3,(H,27,28,29);7-10H,4-6H2,1-3H3,(H,22,23,24);4-8H,1-3H2/t14-,16-,19+;;4-,5-,6+/m0.0/s1. The van der Waals surface area contributed by atoms with Crippen molar-refractivity contribution in [1.82, 2.24) is 44.4 Å². The van der Waals surface area contributed by atoms with Crippen LogP contribution in [-0.2, 0) is 25.7 Å². The Hall–Kier alpha value is -6.61. The fourth-order valence-electron chi connectivity index (χ4n) is 10.5. The molecular formula is C50H61ClN12O8. The van der Waals surface area contributed by atoms with Crippen LogP contribution in [0.2, 0.25) is 5.28 Å². The maximum Gasteiger partial charge on any atom is 0.228 e. The molecule has 12 rings (SSSR count). The molecule has 20 nitrogen and oxygen atoms in total. The van der Waals surface area contributed by atoms with Crippen LogP contribution >= 0.6 is 11.6 Å². The van der Waals surface area contributed by atoms with E-state index >= 15 is 0 Å². The number of aliphatic hydroxyl groups excluding tert-OH is 2. The predicted octanol–water partition coefficient (Wildman–Crippen LogP) is 6.18. The number of aromatic nitrogens is 8. The van der Waals surface area contributed by atoms with Gasteiger partial charge in [0.2, 0.25) is 22.7 Å². The molecule has 0 bridgehead atoms. The van der Waals surface area contributed by atoms with Crippen LogP contribution in [0, 0.1) is 11.8 Å². The lowest BCUT2D eigenvalue weighted by molar-refractivity contribution is 0.246. The Morgan fingerprint density at radius 2 is 1.15 bits per heavy atom. The number of hydrogen-bond acceptors (Lipinski definition) is 18. The highest BCUT2D eigenvalue weighted by atomic mass is 35.5. The van der Waals surface area contributed by atoms with Gasteiger partial charge in [0.05, 0.1) is 97.1 Å². The number of halogens is 1. The normalized spacial score (nSPS) is 21.6. The molecule has 6 atom stereocenters. The van der Waals surface area contributed by atoms with Crippen LogP contribution in [0.1, 0.15) is 61.0 Å². The summed E-state index contributed by atoms with van der Waals surface area (Å²) in [5, 5.41) is 28.8. The Balaban J connectivity index is 0.000000144. The van der Waals surface area contributed by atoms with E-state index in [0.717, 1.165) is 103 Å². The van der Waals surface area contributed by atoms with Crippen molar-refractivity contribution >= 4 is 40.8 Å². The van der Waals surface area contributed by atoms with Crippen LogP contribution < -0.4 is 49.3 Å². The molecule has 2 saturated carbocycles. The van der Waals surface area contributed by atoms with Crippen molar-refractivity contribution in [3.05, 3.63) is 77.1 Å². The van der Waals surface area contributed by atoms with Gasteiger partial charge >= 0.3 is 0 Å². The zero-order valence-electron chi connectivity index (χ0n) is 40.8. The van der Waals surface area contributed by atoms with Gasteiger partial charge in [-0.3, -0.25) is 0 Å². The van der Waals surface area contributed by atoms with Gasteiger partial charge in [-0.1, -0.05) is 0 Å². The molecule has 4 fully saturated rings. The first-order valence-corrected chi connectivity index (χ1v) is 24.5. The van der Waals surface area contributed by atoms with Gasteiger partial charge in [-0.2, -0.15) is 4.98 Å². The van der Waals surface area contributed by atoms with Gasteiger partial charge in [-0.05, 0) is 87.6 Å². The average Bonchev–Trinajstić information content (AvgIpc) is 3.88. The third kappa shape index (κ3) is 9.89. The highest BCUT2D eigenvalue weighted by Gasteiger charge is 2.53. The first-order chi connectivity index (χ1) is 34.6. The largest absolute Gasteiger partial charge is 0.493 e. The molecule has 6 aromatic rings. The topological polar surface area (TPSA) is 222 Å². The number of anilines is 5. The van der Waals surface area contributed by atoms with Gasteiger partial charge in [0.15, 0.2) is 23.0 Å². The number of benzene rings is 2. The zero-order chi connectivity index (χ0) is 49.3. The Morgan fingerprint density at radius 1 is 0.620 bits per heavy atom. The van der Waals surface area contributed by atoms with Crippen LogP contribution in [0.25, 0.3) is 11.4 Å². The lowest BCUT2D eigenvalue weighted by atomic mass is 10.2. The molecule has 0 spiro atoms. The van der Waals surface area contributed by atoms with Crippen LogP contribution in [0.5, 0.6) is 34.5 Å². The van der Waals surface area contributed by atoms with Gasteiger partial charge in [0.1, 0.15) is 35.9 Å². The second-order valence-electron chi connectivity index (χ2n) is 18.5. The van der Waals surface area contributed by atoms with Gasteiger partial charge in [-0.25, -0.2) is 24.9 Å². The molecule has 376 valence electrons. The zero-order valence-corrected chi connectivity index (χ0v) is 41.6. The molecular weight excluding hydrogens is 932 g/mol. The minimum Gasteiger partial charge on any atom is -0.493 e. The lowest BCUT2D eigenvalue weighted by Gasteiger charge is -2.27. The SMILES string of the molecule is COc1cc(-n2cnc(Nc3nc(Cl)nc4c3CCC4)c2)cc(OC)c1OC.COc1cc(-n2cnc(Nc3nc(N4[C@H](CO)C[C@H]5C[C@H]54)nc4c3CCC4)c2)cc(OC)c1OC.OC[C@@H]1C[C@H]2C[C@H]2N1. The average molecular weight is 994 g/mol. The number of nitrogens with zero attached hydrogens (tertiary/aromatic N) is 9. The number of nitrogens with one attached hydrogen (secondary N) is 3. The Labute approximate surface area is 417 Å². The third-order valence-electron chi connectivity index (χ3n) is 14.2. The van der Waals surface area contributed by atoms with Crippen molar-refractivity contribution < 1.29 is 38.6 Å². The van der Waals surface area contributed by atoms with E-state index in [4.69, 9.17) is 55.1 Å². The highest BCUT2D eigenvalue weighted by Crippen LogP contribution is 2.50. The minimum absolute atomic E-state index is 0.102. The fraction of sp³-hybridized carbons (Fsp3) is 0.480. The molecule has 2 aliphatic heterocycles.